The Bertz CT molecular complexity index is 934. The summed E-state index contributed by atoms with van der Waals surface area (Å²) >= 11 is 5.93. The Labute approximate surface area is 174 Å². The second-order valence-electron chi connectivity index (χ2n) is 7.11. The molecule has 3 amide bonds. The highest BCUT2D eigenvalue weighted by Gasteiger charge is 2.30. The lowest BCUT2D eigenvalue weighted by molar-refractivity contribution is -0.121. The second kappa shape index (κ2) is 9.07. The van der Waals surface area contributed by atoms with E-state index in [0.29, 0.717) is 22.1 Å². The Morgan fingerprint density at radius 2 is 1.97 bits per heavy atom. The maximum absolute atomic E-state index is 13.0. The van der Waals surface area contributed by atoms with Crippen LogP contribution in [0.2, 0.25) is 5.02 Å². The van der Waals surface area contributed by atoms with Crippen molar-refractivity contribution in [2.75, 3.05) is 35.7 Å². The highest BCUT2D eigenvalue weighted by atomic mass is 35.5. The number of amides is 3. The van der Waals surface area contributed by atoms with Crippen molar-refractivity contribution >= 4 is 46.4 Å². The summed E-state index contributed by atoms with van der Waals surface area (Å²) in [4.78, 5) is 40.6. The second-order valence-corrected chi connectivity index (χ2v) is 7.55. The highest BCUT2D eigenvalue weighted by molar-refractivity contribution is 6.30. The van der Waals surface area contributed by atoms with E-state index in [9.17, 15) is 14.4 Å². The molecule has 1 unspecified atom stereocenters. The van der Waals surface area contributed by atoms with Crippen LogP contribution in [0.1, 0.15) is 13.3 Å². The van der Waals surface area contributed by atoms with Crippen molar-refractivity contribution in [3.8, 4) is 0 Å². The van der Waals surface area contributed by atoms with E-state index in [4.69, 9.17) is 11.6 Å². The number of nitrogens with one attached hydrogen (secondary N) is 2. The summed E-state index contributed by atoms with van der Waals surface area (Å²) in [7, 11) is 1.70. The van der Waals surface area contributed by atoms with E-state index in [1.165, 1.54) is 0 Å². The number of rotatable bonds is 5. The van der Waals surface area contributed by atoms with Crippen molar-refractivity contribution in [3.05, 3.63) is 53.6 Å². The lowest BCUT2D eigenvalue weighted by atomic mass is 10.1. The number of carbonyl (C=O) groups is 3. The number of fused-ring (bicyclic) bond motifs is 1. The molecule has 0 fully saturated rings. The molecule has 0 aromatic heterocycles. The maximum atomic E-state index is 13.0. The predicted octanol–water partition coefficient (Wildman–Crippen LogP) is 2.97. The molecule has 1 heterocycles. The topological polar surface area (TPSA) is 81.8 Å². The van der Waals surface area contributed by atoms with E-state index in [-0.39, 0.29) is 43.3 Å². The first-order chi connectivity index (χ1) is 13.8. The lowest BCUT2D eigenvalue weighted by Crippen LogP contribution is -2.45. The average Bonchev–Trinajstić information content (AvgIpc) is 2.75. The van der Waals surface area contributed by atoms with Gasteiger partial charge < -0.3 is 15.5 Å². The number of likely N-dealkylation sites (N-methyl/N-ethyl adjacent to an activating group) is 1. The van der Waals surface area contributed by atoms with Gasteiger partial charge in [0.1, 0.15) is 0 Å². The van der Waals surface area contributed by atoms with Gasteiger partial charge in [-0.2, -0.15) is 0 Å². The number of halogens is 1. The molecule has 2 aromatic carbocycles. The number of carbonyl (C=O) groups excluding carboxylic acids is 3. The molecule has 0 saturated heterocycles. The van der Waals surface area contributed by atoms with Gasteiger partial charge in [-0.05, 0) is 44.3 Å². The number of para-hydroxylation sites is 2. The molecule has 1 atom stereocenters. The van der Waals surface area contributed by atoms with Crippen molar-refractivity contribution in [1.29, 1.82) is 0 Å². The molecule has 8 heteroatoms. The van der Waals surface area contributed by atoms with Gasteiger partial charge in [-0.15, -0.1) is 0 Å². The summed E-state index contributed by atoms with van der Waals surface area (Å²) in [5, 5.41) is 6.13. The van der Waals surface area contributed by atoms with E-state index in [0.717, 1.165) is 0 Å². The van der Waals surface area contributed by atoms with Crippen LogP contribution in [-0.4, -0.2) is 48.8 Å². The van der Waals surface area contributed by atoms with Gasteiger partial charge in [0.05, 0.1) is 24.5 Å². The van der Waals surface area contributed by atoms with Crippen molar-refractivity contribution in [2.45, 2.75) is 19.4 Å². The zero-order chi connectivity index (χ0) is 21.0. The van der Waals surface area contributed by atoms with Crippen molar-refractivity contribution < 1.29 is 14.4 Å². The van der Waals surface area contributed by atoms with Crippen LogP contribution in [0.4, 0.5) is 17.1 Å². The number of nitrogens with zero attached hydrogens (tertiary/aromatic N) is 2. The third kappa shape index (κ3) is 5.34. The van der Waals surface area contributed by atoms with Crippen LogP contribution in [0, 0.1) is 0 Å². The molecule has 2 aromatic rings. The Balaban J connectivity index is 1.65. The molecular formula is C21H23ClN4O3. The number of benzene rings is 2. The Kier molecular flexibility index (Phi) is 6.51. The Hall–Kier alpha value is -2.90. The fourth-order valence-corrected chi connectivity index (χ4v) is 3.53. The Morgan fingerprint density at radius 1 is 1.21 bits per heavy atom. The minimum Gasteiger partial charge on any atom is -0.325 e. The molecule has 0 aliphatic carbocycles. The molecule has 3 rings (SSSR count). The smallest absolute Gasteiger partial charge is 0.241 e. The summed E-state index contributed by atoms with van der Waals surface area (Å²) in [5.41, 5.74) is 1.87. The first-order valence-electron chi connectivity index (χ1n) is 9.28. The molecule has 0 spiro atoms. The van der Waals surface area contributed by atoms with Crippen LogP contribution >= 0.6 is 11.6 Å². The molecule has 1 aliphatic rings. The van der Waals surface area contributed by atoms with Crippen LogP contribution in [0.25, 0.3) is 0 Å². The van der Waals surface area contributed by atoms with Crippen LogP contribution in [0.5, 0.6) is 0 Å². The standard InChI is InChI=1S/C21H23ClN4O3/c1-14-10-19(27)24-17-8-3-4-9-18(17)26(14)21(29)13-25(2)12-20(28)23-16-7-5-6-15(22)11-16/h3-9,11,14H,10,12-13H2,1-2H3,(H,23,28)(H,24,27). The van der Waals surface area contributed by atoms with E-state index in [2.05, 4.69) is 10.6 Å². The molecule has 7 nitrogen and oxygen atoms in total. The summed E-state index contributed by atoms with van der Waals surface area (Å²) in [6.07, 6.45) is 0.208. The number of anilines is 3. The fourth-order valence-electron chi connectivity index (χ4n) is 3.34. The maximum Gasteiger partial charge on any atom is 0.241 e. The van der Waals surface area contributed by atoms with Crippen LogP contribution in [0.3, 0.4) is 0 Å². The molecule has 2 N–H and O–H groups in total. The Morgan fingerprint density at radius 3 is 2.72 bits per heavy atom. The van der Waals surface area contributed by atoms with Gasteiger partial charge in [-0.1, -0.05) is 29.8 Å². The average molecular weight is 415 g/mol. The molecule has 0 saturated carbocycles. The van der Waals surface area contributed by atoms with Gasteiger partial charge in [-0.25, -0.2) is 0 Å². The third-order valence-electron chi connectivity index (χ3n) is 4.56. The van der Waals surface area contributed by atoms with Crippen LogP contribution < -0.4 is 15.5 Å². The SMILES string of the molecule is CC1CC(=O)Nc2ccccc2N1C(=O)CN(C)CC(=O)Nc1cccc(Cl)c1. The first kappa shape index (κ1) is 20.8. The van der Waals surface area contributed by atoms with Gasteiger partial charge in [0.15, 0.2) is 0 Å². The molecule has 1 aliphatic heterocycles. The normalized spacial score (nSPS) is 16.1. The van der Waals surface area contributed by atoms with Gasteiger partial charge in [0.25, 0.3) is 0 Å². The van der Waals surface area contributed by atoms with Crippen LogP contribution in [0.15, 0.2) is 48.5 Å². The quantitative estimate of drug-likeness (QED) is 0.788. The zero-order valence-electron chi connectivity index (χ0n) is 16.3. The summed E-state index contributed by atoms with van der Waals surface area (Å²) < 4.78 is 0. The van der Waals surface area contributed by atoms with Gasteiger partial charge in [0.2, 0.25) is 17.7 Å². The minimum absolute atomic E-state index is 0.0375. The third-order valence-corrected chi connectivity index (χ3v) is 4.79. The number of hydrogen-bond donors (Lipinski definition) is 2. The van der Waals surface area contributed by atoms with Crippen molar-refractivity contribution in [2.24, 2.45) is 0 Å². The fraction of sp³-hybridized carbons (Fsp3) is 0.286. The number of hydrogen-bond acceptors (Lipinski definition) is 4. The van der Waals surface area contributed by atoms with E-state index >= 15 is 0 Å². The molecule has 0 radical (unpaired) electrons. The van der Waals surface area contributed by atoms with Gasteiger partial charge in [-0.3, -0.25) is 19.3 Å². The summed E-state index contributed by atoms with van der Waals surface area (Å²) in [6, 6.07) is 13.8. The van der Waals surface area contributed by atoms with E-state index in [1.807, 2.05) is 19.1 Å². The largest absolute Gasteiger partial charge is 0.325 e. The monoisotopic (exact) mass is 414 g/mol. The van der Waals surface area contributed by atoms with Gasteiger partial charge in [0, 0.05) is 23.2 Å². The highest BCUT2D eigenvalue weighted by Crippen LogP contribution is 2.31. The molecular weight excluding hydrogens is 392 g/mol. The predicted molar refractivity (Wildman–Crippen MR) is 114 cm³/mol. The molecule has 152 valence electrons. The zero-order valence-corrected chi connectivity index (χ0v) is 17.1. The van der Waals surface area contributed by atoms with Gasteiger partial charge >= 0.3 is 0 Å². The molecule has 29 heavy (non-hydrogen) atoms. The van der Waals surface area contributed by atoms with Crippen molar-refractivity contribution in [3.63, 3.8) is 0 Å². The summed E-state index contributed by atoms with van der Waals surface area (Å²) in [6.45, 7) is 1.92. The summed E-state index contributed by atoms with van der Waals surface area (Å²) in [5.74, 6) is -0.558. The van der Waals surface area contributed by atoms with Crippen LogP contribution in [-0.2, 0) is 14.4 Å². The lowest BCUT2D eigenvalue weighted by Gasteiger charge is -2.29. The first-order valence-corrected chi connectivity index (χ1v) is 9.66. The van der Waals surface area contributed by atoms with Crippen molar-refractivity contribution in [1.82, 2.24) is 4.90 Å². The molecule has 0 bridgehead atoms. The van der Waals surface area contributed by atoms with E-state index < -0.39 is 0 Å². The van der Waals surface area contributed by atoms with E-state index in [1.54, 1.807) is 53.2 Å². The minimum atomic E-state index is -0.292.